The molecule has 1 rings (SSSR count). The van der Waals surface area contributed by atoms with Gasteiger partial charge in [-0.3, -0.25) is 0 Å². The molecule has 1 fully saturated rings. The number of rotatable bonds is 0. The van der Waals surface area contributed by atoms with Crippen molar-refractivity contribution in [1.82, 2.24) is 0 Å². The highest BCUT2D eigenvalue weighted by molar-refractivity contribution is 4.77. The Balaban J connectivity index is 2.40. The Morgan fingerprint density at radius 2 is 2.29 bits per heavy atom. The van der Waals surface area contributed by atoms with Crippen molar-refractivity contribution >= 4 is 0 Å². The summed E-state index contributed by atoms with van der Waals surface area (Å²) in [5, 5.41) is 0. The van der Waals surface area contributed by atoms with E-state index in [2.05, 4.69) is 4.74 Å². The molecule has 0 N–H and O–H groups in total. The SMILES string of the molecule is FC1(F)C[CH]OC1. The molecule has 0 aromatic carbocycles. The summed E-state index contributed by atoms with van der Waals surface area (Å²) in [6.07, 6.45) is -0.229. The van der Waals surface area contributed by atoms with E-state index in [4.69, 9.17) is 0 Å². The summed E-state index contributed by atoms with van der Waals surface area (Å²) >= 11 is 0. The minimum Gasteiger partial charge on any atom is -0.369 e. The van der Waals surface area contributed by atoms with E-state index < -0.39 is 12.5 Å². The van der Waals surface area contributed by atoms with Crippen LogP contribution in [0.2, 0.25) is 0 Å². The van der Waals surface area contributed by atoms with Crippen LogP contribution >= 0.6 is 0 Å². The minimum atomic E-state index is -2.58. The largest absolute Gasteiger partial charge is 0.369 e. The lowest BCUT2D eigenvalue weighted by molar-refractivity contribution is -0.00660. The summed E-state index contributed by atoms with van der Waals surface area (Å²) in [7, 11) is 0. The summed E-state index contributed by atoms with van der Waals surface area (Å²) in [5.74, 6) is -2.58. The summed E-state index contributed by atoms with van der Waals surface area (Å²) in [6.45, 7) is 0.701. The van der Waals surface area contributed by atoms with Gasteiger partial charge in [0.05, 0.1) is 6.61 Å². The van der Waals surface area contributed by atoms with Crippen LogP contribution < -0.4 is 0 Å². The first-order chi connectivity index (χ1) is 3.21. The lowest BCUT2D eigenvalue weighted by Crippen LogP contribution is -2.13. The van der Waals surface area contributed by atoms with Crippen molar-refractivity contribution in [2.24, 2.45) is 0 Å². The molecular formula is C4H5F2O. The molecule has 0 aromatic rings. The van der Waals surface area contributed by atoms with Gasteiger partial charge >= 0.3 is 0 Å². The van der Waals surface area contributed by atoms with Crippen LogP contribution in [-0.4, -0.2) is 12.5 Å². The molecule has 0 amide bonds. The van der Waals surface area contributed by atoms with Gasteiger partial charge in [-0.2, -0.15) is 0 Å². The van der Waals surface area contributed by atoms with Crippen molar-refractivity contribution in [2.75, 3.05) is 6.61 Å². The van der Waals surface area contributed by atoms with E-state index in [0.29, 0.717) is 0 Å². The molecule has 0 aromatic heterocycles. The first kappa shape index (κ1) is 4.97. The molecule has 7 heavy (non-hydrogen) atoms. The standard InChI is InChI=1S/C4H5F2O/c5-4(6)1-2-7-3-4/h2H,1,3H2. The van der Waals surface area contributed by atoms with Gasteiger partial charge in [0.2, 0.25) is 0 Å². The van der Waals surface area contributed by atoms with Gasteiger partial charge in [-0.1, -0.05) is 0 Å². The first-order valence-corrected chi connectivity index (χ1v) is 2.02. The maximum Gasteiger partial charge on any atom is 0.273 e. The van der Waals surface area contributed by atoms with E-state index in [0.717, 1.165) is 6.61 Å². The van der Waals surface area contributed by atoms with Crippen LogP contribution in [0.4, 0.5) is 8.78 Å². The predicted molar refractivity (Wildman–Crippen MR) is 19.8 cm³/mol. The van der Waals surface area contributed by atoms with Crippen molar-refractivity contribution in [2.45, 2.75) is 12.3 Å². The van der Waals surface area contributed by atoms with E-state index in [1.807, 2.05) is 0 Å². The fourth-order valence-electron chi connectivity index (χ4n) is 0.421. The predicted octanol–water partition coefficient (Wildman–Crippen LogP) is 1.20. The summed E-state index contributed by atoms with van der Waals surface area (Å²) in [4.78, 5) is 0. The third kappa shape index (κ3) is 1.09. The normalized spacial score (nSPS) is 28.3. The Kier molecular flexibility index (Phi) is 0.995. The Bertz CT molecular complexity index is 64.1. The van der Waals surface area contributed by atoms with Gasteiger partial charge < -0.3 is 4.74 Å². The third-order valence-electron chi connectivity index (χ3n) is 0.794. The van der Waals surface area contributed by atoms with Crippen LogP contribution in [0.5, 0.6) is 0 Å². The van der Waals surface area contributed by atoms with Gasteiger partial charge in [0.1, 0.15) is 6.61 Å². The Hall–Kier alpha value is -0.180. The fourth-order valence-corrected chi connectivity index (χ4v) is 0.421. The molecule has 0 saturated carbocycles. The van der Waals surface area contributed by atoms with E-state index >= 15 is 0 Å². The number of halogens is 2. The minimum absolute atomic E-state index is 0.229. The van der Waals surface area contributed by atoms with Crippen LogP contribution in [0.15, 0.2) is 0 Å². The van der Waals surface area contributed by atoms with Crippen molar-refractivity contribution in [3.8, 4) is 0 Å². The van der Waals surface area contributed by atoms with Gasteiger partial charge in [-0.15, -0.1) is 0 Å². The van der Waals surface area contributed by atoms with Gasteiger partial charge in [0, 0.05) is 6.42 Å². The van der Waals surface area contributed by atoms with Crippen LogP contribution in [0.3, 0.4) is 0 Å². The monoisotopic (exact) mass is 107 g/mol. The Labute approximate surface area is 40.3 Å². The second-order valence-electron chi connectivity index (χ2n) is 1.54. The molecule has 0 atom stereocenters. The third-order valence-corrected chi connectivity index (χ3v) is 0.794. The molecule has 0 spiro atoms. The molecule has 0 aliphatic carbocycles. The lowest BCUT2D eigenvalue weighted by atomic mass is 10.3. The van der Waals surface area contributed by atoms with Crippen LogP contribution in [-0.2, 0) is 4.74 Å². The molecule has 1 radical (unpaired) electrons. The fraction of sp³-hybridized carbons (Fsp3) is 0.750. The molecule has 1 saturated heterocycles. The van der Waals surface area contributed by atoms with Crippen molar-refractivity contribution < 1.29 is 13.5 Å². The zero-order valence-corrected chi connectivity index (χ0v) is 3.66. The second kappa shape index (κ2) is 1.40. The molecule has 3 heteroatoms. The highest BCUT2D eigenvalue weighted by Crippen LogP contribution is 2.26. The summed E-state index contributed by atoms with van der Waals surface area (Å²) in [5.41, 5.74) is 0. The number of hydrogen-bond donors (Lipinski definition) is 0. The maximum absolute atomic E-state index is 11.8. The van der Waals surface area contributed by atoms with Gasteiger partial charge in [0.25, 0.3) is 5.92 Å². The Morgan fingerprint density at radius 1 is 1.57 bits per heavy atom. The molecule has 1 nitrogen and oxygen atoms in total. The van der Waals surface area contributed by atoms with Crippen LogP contribution in [0, 0.1) is 6.61 Å². The zero-order chi connectivity index (χ0) is 5.33. The van der Waals surface area contributed by atoms with E-state index in [-0.39, 0.29) is 6.42 Å². The average Bonchev–Trinajstić information content (AvgIpc) is 1.84. The van der Waals surface area contributed by atoms with Crippen molar-refractivity contribution in [3.05, 3.63) is 6.61 Å². The topological polar surface area (TPSA) is 9.23 Å². The van der Waals surface area contributed by atoms with Crippen LogP contribution in [0.25, 0.3) is 0 Å². The number of hydrogen-bond acceptors (Lipinski definition) is 1. The van der Waals surface area contributed by atoms with E-state index in [9.17, 15) is 8.78 Å². The highest BCUT2D eigenvalue weighted by Gasteiger charge is 2.34. The Morgan fingerprint density at radius 3 is 2.43 bits per heavy atom. The molecule has 1 aliphatic heterocycles. The quantitative estimate of drug-likeness (QED) is 0.452. The average molecular weight is 107 g/mol. The highest BCUT2D eigenvalue weighted by atomic mass is 19.3. The van der Waals surface area contributed by atoms with Gasteiger partial charge in [-0.25, -0.2) is 8.78 Å². The zero-order valence-electron chi connectivity index (χ0n) is 3.66. The molecule has 0 unspecified atom stereocenters. The maximum atomic E-state index is 11.8. The van der Waals surface area contributed by atoms with E-state index in [1.54, 1.807) is 0 Å². The van der Waals surface area contributed by atoms with E-state index in [1.165, 1.54) is 0 Å². The summed E-state index contributed by atoms with van der Waals surface area (Å²) in [6, 6.07) is 0. The smallest absolute Gasteiger partial charge is 0.273 e. The molecule has 41 valence electrons. The van der Waals surface area contributed by atoms with Gasteiger partial charge in [0.15, 0.2) is 0 Å². The molecular weight excluding hydrogens is 102 g/mol. The number of alkyl halides is 2. The summed E-state index contributed by atoms with van der Waals surface area (Å²) < 4.78 is 27.9. The van der Waals surface area contributed by atoms with Gasteiger partial charge in [-0.05, 0) is 0 Å². The van der Waals surface area contributed by atoms with Crippen molar-refractivity contribution in [1.29, 1.82) is 0 Å². The molecule has 1 heterocycles. The molecule has 0 bridgehead atoms. The molecule has 1 aliphatic rings. The number of ether oxygens (including phenoxy) is 1. The lowest BCUT2D eigenvalue weighted by Gasteiger charge is -2.00. The van der Waals surface area contributed by atoms with Crippen LogP contribution in [0.1, 0.15) is 6.42 Å². The van der Waals surface area contributed by atoms with Crippen molar-refractivity contribution in [3.63, 3.8) is 0 Å². The second-order valence-corrected chi connectivity index (χ2v) is 1.54. The first-order valence-electron chi connectivity index (χ1n) is 2.02.